The number of alkyl halides is 1. The van der Waals surface area contributed by atoms with Gasteiger partial charge in [-0.3, -0.25) is 4.99 Å². The van der Waals surface area contributed by atoms with Crippen molar-refractivity contribution < 1.29 is 4.39 Å². The van der Waals surface area contributed by atoms with Crippen LogP contribution in [-0.2, 0) is 0 Å². The van der Waals surface area contributed by atoms with Crippen molar-refractivity contribution in [3.05, 3.63) is 0 Å². The molecule has 0 N–H and O–H groups in total. The molecule has 1 nitrogen and oxygen atoms in total. The van der Waals surface area contributed by atoms with E-state index in [1.807, 2.05) is 13.8 Å². The average Bonchev–Trinajstić information content (AvgIpc) is 2.11. The molecule has 0 aliphatic carbocycles. The number of nitrogens with zero attached hydrogens (tertiary/aromatic N) is 1. The topological polar surface area (TPSA) is 12.4 Å². The number of rotatable bonds is 7. The molecule has 0 amide bonds. The van der Waals surface area contributed by atoms with Crippen LogP contribution in [0.3, 0.4) is 0 Å². The molecule has 0 saturated carbocycles. The normalized spacial score (nSPS) is 14.9. The Labute approximate surface area is 87.8 Å². The smallest absolute Gasteiger partial charge is 0.138 e. The fourth-order valence-corrected chi connectivity index (χ4v) is 1.51. The lowest BCUT2D eigenvalue weighted by molar-refractivity contribution is 0.354. The highest BCUT2D eigenvalue weighted by Crippen LogP contribution is 2.13. The van der Waals surface area contributed by atoms with E-state index in [1.165, 1.54) is 12.8 Å². The molecule has 14 heavy (non-hydrogen) atoms. The lowest BCUT2D eigenvalue weighted by Crippen LogP contribution is -2.18. The summed E-state index contributed by atoms with van der Waals surface area (Å²) in [4.78, 5) is 4.05. The second kappa shape index (κ2) is 7.95. The Balaban J connectivity index is 3.88. The summed E-state index contributed by atoms with van der Waals surface area (Å²) in [5.74, 6) is 0.410. The van der Waals surface area contributed by atoms with Gasteiger partial charge in [0.15, 0.2) is 0 Å². The van der Waals surface area contributed by atoms with Gasteiger partial charge in [-0.1, -0.05) is 33.6 Å². The molecule has 0 radical (unpaired) electrons. The Bertz CT molecular complexity index is 164. The third kappa shape index (κ3) is 6.11. The molecule has 0 unspecified atom stereocenters. The second-order valence-electron chi connectivity index (χ2n) is 4.27. The number of aliphatic imine (C=N–C) groups is 1. The zero-order chi connectivity index (χ0) is 11.0. The predicted octanol–water partition coefficient (Wildman–Crippen LogP) is 4.02. The Morgan fingerprint density at radius 1 is 1.29 bits per heavy atom. The predicted molar refractivity (Wildman–Crippen MR) is 61.9 cm³/mol. The molecule has 0 aromatic rings. The molecule has 0 aromatic carbocycles. The molecular formula is C12H24FN. The van der Waals surface area contributed by atoms with Crippen molar-refractivity contribution in [1.82, 2.24) is 0 Å². The first-order chi connectivity index (χ1) is 6.61. The van der Waals surface area contributed by atoms with Gasteiger partial charge < -0.3 is 0 Å². The SMILES string of the molecule is CCCCC/C(=N\C)[C@H](F)CC(C)C. The molecule has 0 saturated heterocycles. The van der Waals surface area contributed by atoms with Crippen LogP contribution in [0, 0.1) is 5.92 Å². The van der Waals surface area contributed by atoms with Crippen molar-refractivity contribution in [3.63, 3.8) is 0 Å². The van der Waals surface area contributed by atoms with Crippen molar-refractivity contribution in [2.24, 2.45) is 10.9 Å². The first-order valence-corrected chi connectivity index (χ1v) is 5.71. The summed E-state index contributed by atoms with van der Waals surface area (Å²) in [6.45, 7) is 6.25. The monoisotopic (exact) mass is 201 g/mol. The van der Waals surface area contributed by atoms with Gasteiger partial charge in [0.05, 0.1) is 0 Å². The molecule has 0 spiro atoms. The molecule has 2 heteroatoms. The van der Waals surface area contributed by atoms with Crippen LogP contribution >= 0.6 is 0 Å². The van der Waals surface area contributed by atoms with Crippen molar-refractivity contribution in [1.29, 1.82) is 0 Å². The van der Waals surface area contributed by atoms with Gasteiger partial charge >= 0.3 is 0 Å². The highest BCUT2D eigenvalue weighted by Gasteiger charge is 2.15. The van der Waals surface area contributed by atoms with Crippen molar-refractivity contribution in [2.45, 2.75) is 59.0 Å². The van der Waals surface area contributed by atoms with Crippen LogP contribution in [-0.4, -0.2) is 18.9 Å². The third-order valence-corrected chi connectivity index (χ3v) is 2.36. The van der Waals surface area contributed by atoms with Crippen LogP contribution in [0.25, 0.3) is 0 Å². The molecule has 0 rings (SSSR count). The summed E-state index contributed by atoms with van der Waals surface area (Å²) in [6.07, 6.45) is 4.04. The minimum absolute atomic E-state index is 0.410. The van der Waals surface area contributed by atoms with Gasteiger partial charge in [0.1, 0.15) is 6.17 Å². The van der Waals surface area contributed by atoms with Crippen LogP contribution in [0.15, 0.2) is 4.99 Å². The highest BCUT2D eigenvalue weighted by atomic mass is 19.1. The van der Waals surface area contributed by atoms with E-state index in [-0.39, 0.29) is 0 Å². The largest absolute Gasteiger partial charge is 0.294 e. The second-order valence-corrected chi connectivity index (χ2v) is 4.27. The standard InChI is InChI=1S/C12H24FN/c1-5-6-7-8-12(14-4)11(13)9-10(2)3/h10-11H,5-9H2,1-4H3/b14-12+/t11-/m1/s1. The van der Waals surface area contributed by atoms with Crippen LogP contribution in [0.2, 0.25) is 0 Å². The zero-order valence-electron chi connectivity index (χ0n) is 10.0. The first kappa shape index (κ1) is 13.6. The van der Waals surface area contributed by atoms with E-state index >= 15 is 0 Å². The van der Waals surface area contributed by atoms with Gasteiger partial charge in [-0.15, -0.1) is 0 Å². The maximum absolute atomic E-state index is 13.6. The Morgan fingerprint density at radius 3 is 2.36 bits per heavy atom. The molecule has 0 bridgehead atoms. The minimum atomic E-state index is -0.822. The molecule has 84 valence electrons. The van der Waals surface area contributed by atoms with Gasteiger partial charge in [0.2, 0.25) is 0 Å². The quantitative estimate of drug-likeness (QED) is 0.436. The Kier molecular flexibility index (Phi) is 7.73. The third-order valence-electron chi connectivity index (χ3n) is 2.36. The summed E-state index contributed by atoms with van der Waals surface area (Å²) in [7, 11) is 1.70. The van der Waals surface area contributed by atoms with Crippen molar-refractivity contribution in [3.8, 4) is 0 Å². The van der Waals surface area contributed by atoms with E-state index in [1.54, 1.807) is 7.05 Å². The van der Waals surface area contributed by atoms with E-state index < -0.39 is 6.17 Å². The summed E-state index contributed by atoms with van der Waals surface area (Å²) in [6, 6.07) is 0. The van der Waals surface area contributed by atoms with E-state index in [4.69, 9.17) is 0 Å². The first-order valence-electron chi connectivity index (χ1n) is 5.71. The van der Waals surface area contributed by atoms with Gasteiger partial charge in [0.25, 0.3) is 0 Å². The highest BCUT2D eigenvalue weighted by molar-refractivity contribution is 5.88. The van der Waals surface area contributed by atoms with Crippen LogP contribution in [0.1, 0.15) is 52.9 Å². The molecule has 1 atom stereocenters. The van der Waals surface area contributed by atoms with Crippen LogP contribution < -0.4 is 0 Å². The number of unbranched alkanes of at least 4 members (excludes halogenated alkanes) is 2. The van der Waals surface area contributed by atoms with E-state index in [0.717, 1.165) is 18.6 Å². The maximum atomic E-state index is 13.6. The van der Waals surface area contributed by atoms with Crippen LogP contribution in [0.4, 0.5) is 4.39 Å². The van der Waals surface area contributed by atoms with Gasteiger partial charge in [0, 0.05) is 12.8 Å². The Morgan fingerprint density at radius 2 is 1.93 bits per heavy atom. The lowest BCUT2D eigenvalue weighted by atomic mass is 10.00. The van der Waals surface area contributed by atoms with Crippen LogP contribution in [0.5, 0.6) is 0 Å². The fraction of sp³-hybridized carbons (Fsp3) is 0.917. The van der Waals surface area contributed by atoms with E-state index in [0.29, 0.717) is 12.3 Å². The van der Waals surface area contributed by atoms with Gasteiger partial charge in [-0.2, -0.15) is 0 Å². The summed E-state index contributed by atoms with van der Waals surface area (Å²) >= 11 is 0. The van der Waals surface area contributed by atoms with Crippen molar-refractivity contribution >= 4 is 5.71 Å². The lowest BCUT2D eigenvalue weighted by Gasteiger charge is -2.13. The summed E-state index contributed by atoms with van der Waals surface area (Å²) in [5.41, 5.74) is 0.757. The Hall–Kier alpha value is -0.400. The number of hydrogen-bond donors (Lipinski definition) is 0. The zero-order valence-corrected chi connectivity index (χ0v) is 10.0. The van der Waals surface area contributed by atoms with E-state index in [9.17, 15) is 4.39 Å². The number of halogens is 1. The summed E-state index contributed by atoms with van der Waals surface area (Å²) < 4.78 is 13.6. The molecule has 0 aliphatic heterocycles. The summed E-state index contributed by atoms with van der Waals surface area (Å²) in [5, 5.41) is 0. The average molecular weight is 201 g/mol. The van der Waals surface area contributed by atoms with Gasteiger partial charge in [-0.05, 0) is 25.2 Å². The fourth-order valence-electron chi connectivity index (χ4n) is 1.51. The molecular weight excluding hydrogens is 177 g/mol. The van der Waals surface area contributed by atoms with E-state index in [2.05, 4.69) is 11.9 Å². The molecule has 0 heterocycles. The molecule has 0 aliphatic rings. The van der Waals surface area contributed by atoms with Crippen molar-refractivity contribution in [2.75, 3.05) is 7.05 Å². The molecule has 0 fully saturated rings. The van der Waals surface area contributed by atoms with Gasteiger partial charge in [-0.25, -0.2) is 4.39 Å². The minimum Gasteiger partial charge on any atom is -0.294 e. The maximum Gasteiger partial charge on any atom is 0.138 e. The number of hydrogen-bond acceptors (Lipinski definition) is 1. The molecule has 0 aromatic heterocycles.